The topological polar surface area (TPSA) is 84.5 Å². The van der Waals surface area contributed by atoms with Gasteiger partial charge in [0.1, 0.15) is 5.75 Å². The van der Waals surface area contributed by atoms with Gasteiger partial charge in [0.2, 0.25) is 5.91 Å². The Bertz CT molecular complexity index is 882. The van der Waals surface area contributed by atoms with Gasteiger partial charge < -0.3 is 10.1 Å². The van der Waals surface area contributed by atoms with E-state index in [4.69, 9.17) is 4.74 Å². The third-order valence-electron chi connectivity index (χ3n) is 3.20. The van der Waals surface area contributed by atoms with Crippen molar-refractivity contribution in [1.29, 1.82) is 0 Å². The Morgan fingerprint density at radius 1 is 1.17 bits per heavy atom. The maximum absolute atomic E-state index is 12.6. The minimum atomic E-state index is -3.79. The van der Waals surface area contributed by atoms with Gasteiger partial charge in [-0.3, -0.25) is 9.52 Å². The number of methoxy groups -OCH3 is 1. The van der Waals surface area contributed by atoms with Gasteiger partial charge in [0.25, 0.3) is 10.0 Å². The average molecular weight is 413 g/mol. The quantitative estimate of drug-likeness (QED) is 0.786. The normalized spacial score (nSPS) is 11.0. The lowest BCUT2D eigenvalue weighted by atomic mass is 10.2. The molecule has 0 aromatic heterocycles. The molecule has 0 aliphatic heterocycles. The number of rotatable bonds is 5. The fourth-order valence-electron chi connectivity index (χ4n) is 2.06. The van der Waals surface area contributed by atoms with Crippen LogP contribution in [-0.2, 0) is 14.8 Å². The number of hydrogen-bond acceptors (Lipinski definition) is 4. The Morgan fingerprint density at radius 2 is 1.88 bits per heavy atom. The Morgan fingerprint density at radius 3 is 2.46 bits per heavy atom. The van der Waals surface area contributed by atoms with Gasteiger partial charge in [-0.25, -0.2) is 8.42 Å². The molecule has 2 aromatic rings. The van der Waals surface area contributed by atoms with Crippen molar-refractivity contribution in [1.82, 2.24) is 0 Å². The number of anilines is 2. The van der Waals surface area contributed by atoms with Crippen molar-refractivity contribution in [3.8, 4) is 5.75 Å². The molecule has 24 heavy (non-hydrogen) atoms. The van der Waals surface area contributed by atoms with Crippen molar-refractivity contribution in [3.63, 3.8) is 0 Å². The van der Waals surface area contributed by atoms with Gasteiger partial charge in [0, 0.05) is 17.1 Å². The second-order valence-electron chi connectivity index (χ2n) is 5.11. The zero-order valence-corrected chi connectivity index (χ0v) is 15.8. The summed E-state index contributed by atoms with van der Waals surface area (Å²) in [5, 5.41) is 2.60. The molecule has 0 saturated carbocycles. The van der Waals surface area contributed by atoms with Crippen molar-refractivity contribution in [3.05, 3.63) is 46.4 Å². The van der Waals surface area contributed by atoms with Gasteiger partial charge in [0.05, 0.1) is 17.7 Å². The van der Waals surface area contributed by atoms with Crippen molar-refractivity contribution >= 4 is 43.2 Å². The lowest BCUT2D eigenvalue weighted by molar-refractivity contribution is -0.114. The maximum Gasteiger partial charge on any atom is 0.262 e. The number of benzene rings is 2. The summed E-state index contributed by atoms with van der Waals surface area (Å²) in [6.45, 7) is 3.18. The van der Waals surface area contributed by atoms with Gasteiger partial charge >= 0.3 is 0 Å². The maximum atomic E-state index is 12.6. The van der Waals surface area contributed by atoms with E-state index in [2.05, 4.69) is 26.0 Å². The first-order valence-corrected chi connectivity index (χ1v) is 9.25. The van der Waals surface area contributed by atoms with Crippen LogP contribution >= 0.6 is 15.9 Å². The largest absolute Gasteiger partial charge is 0.495 e. The van der Waals surface area contributed by atoms with E-state index in [1.807, 2.05) is 0 Å². The summed E-state index contributed by atoms with van der Waals surface area (Å²) in [4.78, 5) is 11.3. The summed E-state index contributed by atoms with van der Waals surface area (Å²) in [5.74, 6) is 0.0963. The molecule has 0 aliphatic rings. The number of amides is 1. The Balaban J connectivity index is 2.40. The van der Waals surface area contributed by atoms with Crippen molar-refractivity contribution in [2.75, 3.05) is 17.1 Å². The van der Waals surface area contributed by atoms with Crippen LogP contribution in [0, 0.1) is 6.92 Å². The molecule has 2 aromatic carbocycles. The van der Waals surface area contributed by atoms with E-state index in [9.17, 15) is 13.2 Å². The molecule has 0 unspecified atom stereocenters. The molecule has 8 heteroatoms. The molecule has 0 aliphatic carbocycles. The van der Waals surface area contributed by atoms with E-state index in [1.54, 1.807) is 31.2 Å². The first-order valence-electron chi connectivity index (χ1n) is 6.97. The molecule has 0 fully saturated rings. The average Bonchev–Trinajstić information content (AvgIpc) is 2.49. The predicted octanol–water partition coefficient (Wildman–Crippen LogP) is 3.53. The highest BCUT2D eigenvalue weighted by atomic mass is 79.9. The third-order valence-corrected chi connectivity index (χ3v) is 5.46. The van der Waals surface area contributed by atoms with Crippen LogP contribution < -0.4 is 14.8 Å². The van der Waals surface area contributed by atoms with Crippen LogP contribution in [0.2, 0.25) is 0 Å². The first-order chi connectivity index (χ1) is 11.2. The zero-order valence-electron chi connectivity index (χ0n) is 13.4. The number of aryl methyl sites for hydroxylation is 1. The molecular formula is C16H17BrN2O4S. The number of carbonyl (C=O) groups is 1. The number of ether oxygens (including phenoxy) is 1. The van der Waals surface area contributed by atoms with Crippen molar-refractivity contribution < 1.29 is 17.9 Å². The number of sulfonamides is 1. The predicted molar refractivity (Wildman–Crippen MR) is 97.0 cm³/mol. The number of nitrogens with one attached hydrogen (secondary N) is 2. The van der Waals surface area contributed by atoms with Crippen LogP contribution in [0.5, 0.6) is 5.75 Å². The second-order valence-corrected chi connectivity index (χ2v) is 7.65. The monoisotopic (exact) mass is 412 g/mol. The van der Waals surface area contributed by atoms with E-state index in [0.29, 0.717) is 11.4 Å². The fourth-order valence-corrected chi connectivity index (χ4v) is 3.45. The fraction of sp³-hybridized carbons (Fsp3) is 0.188. The zero-order chi connectivity index (χ0) is 17.9. The number of halogens is 1. The van der Waals surface area contributed by atoms with Crippen LogP contribution in [0.15, 0.2) is 45.8 Å². The van der Waals surface area contributed by atoms with Gasteiger partial charge in [-0.15, -0.1) is 0 Å². The van der Waals surface area contributed by atoms with Crippen LogP contribution in [0.4, 0.5) is 11.4 Å². The molecule has 2 N–H and O–H groups in total. The summed E-state index contributed by atoms with van der Waals surface area (Å²) in [6, 6.07) is 9.45. The van der Waals surface area contributed by atoms with Crippen LogP contribution in [0.25, 0.3) is 0 Å². The molecular weight excluding hydrogens is 396 g/mol. The molecule has 0 atom stereocenters. The van der Waals surface area contributed by atoms with E-state index in [1.165, 1.54) is 26.2 Å². The minimum Gasteiger partial charge on any atom is -0.495 e. The van der Waals surface area contributed by atoms with Crippen LogP contribution in [-0.4, -0.2) is 21.4 Å². The summed E-state index contributed by atoms with van der Waals surface area (Å²) in [5.41, 5.74) is 1.51. The van der Waals surface area contributed by atoms with Crippen molar-refractivity contribution in [2.45, 2.75) is 18.7 Å². The molecule has 0 heterocycles. The van der Waals surface area contributed by atoms with E-state index < -0.39 is 10.0 Å². The number of carbonyl (C=O) groups excluding carboxylic acids is 1. The van der Waals surface area contributed by atoms with E-state index in [-0.39, 0.29) is 16.5 Å². The highest BCUT2D eigenvalue weighted by Crippen LogP contribution is 2.30. The van der Waals surface area contributed by atoms with Crippen LogP contribution in [0.3, 0.4) is 0 Å². The molecule has 0 spiro atoms. The highest BCUT2D eigenvalue weighted by Gasteiger charge is 2.18. The van der Waals surface area contributed by atoms with E-state index in [0.717, 1.165) is 10.0 Å². The lowest BCUT2D eigenvalue weighted by Gasteiger charge is -2.14. The van der Waals surface area contributed by atoms with Gasteiger partial charge in [-0.1, -0.05) is 15.9 Å². The third kappa shape index (κ3) is 4.27. The molecule has 0 saturated heterocycles. The Labute approximate surface area is 149 Å². The second kappa shape index (κ2) is 7.23. The van der Waals surface area contributed by atoms with Gasteiger partial charge in [-0.05, 0) is 48.9 Å². The Kier molecular flexibility index (Phi) is 5.51. The highest BCUT2D eigenvalue weighted by molar-refractivity contribution is 9.10. The summed E-state index contributed by atoms with van der Waals surface area (Å²) < 4.78 is 33.7. The summed E-state index contributed by atoms with van der Waals surface area (Å²) >= 11 is 3.34. The summed E-state index contributed by atoms with van der Waals surface area (Å²) in [7, 11) is -2.35. The van der Waals surface area contributed by atoms with Crippen LogP contribution in [0.1, 0.15) is 12.5 Å². The SMILES string of the molecule is COc1ccc(NC(C)=O)cc1NS(=O)(=O)c1ccc(Br)c(C)c1. The Hall–Kier alpha value is -2.06. The molecule has 0 radical (unpaired) electrons. The minimum absolute atomic E-state index is 0.134. The molecule has 1 amide bonds. The van der Waals surface area contributed by atoms with Crippen molar-refractivity contribution in [2.24, 2.45) is 0 Å². The number of hydrogen-bond donors (Lipinski definition) is 2. The molecule has 0 bridgehead atoms. The smallest absolute Gasteiger partial charge is 0.262 e. The van der Waals surface area contributed by atoms with Gasteiger partial charge in [-0.2, -0.15) is 0 Å². The molecule has 6 nitrogen and oxygen atoms in total. The molecule has 2 rings (SSSR count). The standard InChI is InChI=1S/C16H17BrN2O4S/c1-10-8-13(5-6-14(10)17)24(21,22)19-15-9-12(18-11(2)20)4-7-16(15)23-3/h4-9,19H,1-3H3,(H,18,20). The first kappa shape index (κ1) is 18.3. The summed E-state index contributed by atoms with van der Waals surface area (Å²) in [6.07, 6.45) is 0. The van der Waals surface area contributed by atoms with E-state index >= 15 is 0 Å². The van der Waals surface area contributed by atoms with Gasteiger partial charge in [0.15, 0.2) is 0 Å². The molecule has 128 valence electrons. The lowest BCUT2D eigenvalue weighted by Crippen LogP contribution is -2.14.